The molecule has 0 spiro atoms. The molecule has 0 N–H and O–H groups in total. The largest absolute Gasteiger partial charge is 0.338 e. The van der Waals surface area contributed by atoms with Crippen molar-refractivity contribution in [3.05, 3.63) is 59.2 Å². The Kier molecular flexibility index (Phi) is 4.28. The molecule has 4 heteroatoms. The molecule has 2 aliphatic rings. The van der Waals surface area contributed by atoms with Crippen LogP contribution in [0.4, 0.5) is 0 Å². The zero-order valence-electron chi connectivity index (χ0n) is 13.9. The lowest BCUT2D eigenvalue weighted by molar-refractivity contribution is 0.0705. The third-order valence-corrected chi connectivity index (χ3v) is 5.33. The van der Waals surface area contributed by atoms with Crippen molar-refractivity contribution in [2.24, 2.45) is 0 Å². The number of amides is 1. The van der Waals surface area contributed by atoms with Crippen LogP contribution in [0.2, 0.25) is 0 Å². The number of likely N-dealkylation sites (tertiary alicyclic amines) is 1. The predicted octanol–water partition coefficient (Wildman–Crippen LogP) is 3.38. The molecule has 1 fully saturated rings. The molecule has 1 saturated heterocycles. The summed E-state index contributed by atoms with van der Waals surface area (Å²) in [6, 6.07) is 8.27. The quantitative estimate of drug-likeness (QED) is 0.852. The van der Waals surface area contributed by atoms with E-state index >= 15 is 0 Å². The van der Waals surface area contributed by atoms with Crippen LogP contribution in [0.25, 0.3) is 0 Å². The van der Waals surface area contributed by atoms with Crippen molar-refractivity contribution in [2.45, 2.75) is 44.4 Å². The summed E-state index contributed by atoms with van der Waals surface area (Å²) in [6.45, 7) is 1.60. The second-order valence-electron chi connectivity index (χ2n) is 6.92. The maximum absolute atomic E-state index is 13.0. The summed E-state index contributed by atoms with van der Waals surface area (Å²) < 4.78 is 0. The smallest absolute Gasteiger partial charge is 0.253 e. The molecule has 0 saturated carbocycles. The molecule has 2 aromatic rings. The van der Waals surface area contributed by atoms with E-state index in [1.807, 2.05) is 17.0 Å². The van der Waals surface area contributed by atoms with Crippen LogP contribution in [-0.2, 0) is 12.8 Å². The second-order valence-corrected chi connectivity index (χ2v) is 6.92. The predicted molar refractivity (Wildman–Crippen MR) is 93.0 cm³/mol. The first kappa shape index (κ1) is 15.3. The summed E-state index contributed by atoms with van der Waals surface area (Å²) in [5, 5.41) is 0. The molecule has 24 heavy (non-hydrogen) atoms. The van der Waals surface area contributed by atoms with Gasteiger partial charge >= 0.3 is 0 Å². The van der Waals surface area contributed by atoms with Crippen LogP contribution in [-0.4, -0.2) is 33.9 Å². The van der Waals surface area contributed by atoms with Crippen molar-refractivity contribution in [3.63, 3.8) is 0 Å². The van der Waals surface area contributed by atoms with Gasteiger partial charge < -0.3 is 4.90 Å². The van der Waals surface area contributed by atoms with Crippen molar-refractivity contribution in [2.75, 3.05) is 13.1 Å². The van der Waals surface area contributed by atoms with Crippen LogP contribution in [0.3, 0.4) is 0 Å². The number of carbonyl (C=O) groups excluding carboxylic acids is 1. The molecule has 1 aliphatic heterocycles. The number of hydrogen-bond donors (Lipinski definition) is 0. The fourth-order valence-corrected chi connectivity index (χ4v) is 3.99. The van der Waals surface area contributed by atoms with Crippen LogP contribution >= 0.6 is 0 Å². The van der Waals surface area contributed by atoms with Crippen LogP contribution < -0.4 is 0 Å². The van der Waals surface area contributed by atoms with E-state index in [4.69, 9.17) is 0 Å². The zero-order chi connectivity index (χ0) is 16.4. The minimum absolute atomic E-state index is 0.169. The first-order valence-corrected chi connectivity index (χ1v) is 8.98. The highest BCUT2D eigenvalue weighted by Gasteiger charge is 2.26. The number of nitrogens with zero attached hydrogens (tertiary/aromatic N) is 3. The van der Waals surface area contributed by atoms with Gasteiger partial charge in [-0.15, -0.1) is 0 Å². The summed E-state index contributed by atoms with van der Waals surface area (Å²) in [6.07, 6.45) is 10.3. The molecule has 0 bridgehead atoms. The topological polar surface area (TPSA) is 46.1 Å². The zero-order valence-corrected chi connectivity index (χ0v) is 13.9. The molecule has 1 aliphatic carbocycles. The summed E-state index contributed by atoms with van der Waals surface area (Å²) in [5.74, 6) is 0.491. The Morgan fingerprint density at radius 2 is 1.96 bits per heavy atom. The number of piperidine rings is 1. The van der Waals surface area contributed by atoms with Gasteiger partial charge in [0.25, 0.3) is 5.91 Å². The molecule has 1 aromatic carbocycles. The average Bonchev–Trinajstić information content (AvgIpc) is 2.68. The van der Waals surface area contributed by atoms with E-state index in [9.17, 15) is 4.79 Å². The molecular formula is C20H23N3O. The fourth-order valence-electron chi connectivity index (χ4n) is 3.99. The summed E-state index contributed by atoms with van der Waals surface area (Å²) in [5.41, 5.74) is 4.69. The monoisotopic (exact) mass is 321 g/mol. The minimum atomic E-state index is 0.169. The second kappa shape index (κ2) is 6.71. The van der Waals surface area contributed by atoms with Gasteiger partial charge in [0.1, 0.15) is 6.33 Å². The fraction of sp³-hybridized carbons (Fsp3) is 0.450. The van der Waals surface area contributed by atoms with E-state index in [0.29, 0.717) is 5.92 Å². The van der Waals surface area contributed by atoms with Crippen molar-refractivity contribution in [1.82, 2.24) is 14.9 Å². The molecule has 4 rings (SSSR count). The van der Waals surface area contributed by atoms with E-state index in [2.05, 4.69) is 22.1 Å². The Morgan fingerprint density at radius 1 is 1.08 bits per heavy atom. The number of benzene rings is 1. The standard InChI is InChI=1S/C20H23N3O/c24-20(17-8-7-15-4-1-2-5-16(15)12-17)23-11-3-6-18(13-23)19-9-10-21-14-22-19/h7-10,12,14,18H,1-6,11,13H2/t18-/m1/s1. The Morgan fingerprint density at radius 3 is 2.79 bits per heavy atom. The molecule has 1 atom stereocenters. The molecule has 0 radical (unpaired) electrons. The Labute approximate surface area is 142 Å². The SMILES string of the molecule is O=C(c1ccc2c(c1)CCCC2)N1CCC[C@@H](c2ccncn2)C1. The molecule has 0 unspecified atom stereocenters. The number of rotatable bonds is 2. The first-order chi connectivity index (χ1) is 11.8. The van der Waals surface area contributed by atoms with Gasteiger partial charge in [-0.3, -0.25) is 4.79 Å². The van der Waals surface area contributed by atoms with Crippen molar-refractivity contribution in [1.29, 1.82) is 0 Å². The van der Waals surface area contributed by atoms with E-state index in [1.54, 1.807) is 12.5 Å². The van der Waals surface area contributed by atoms with Crippen LogP contribution in [0, 0.1) is 0 Å². The molecule has 2 heterocycles. The Balaban J connectivity index is 1.51. The molecule has 1 aromatic heterocycles. The normalized spacial score (nSPS) is 20.5. The summed E-state index contributed by atoms with van der Waals surface area (Å²) in [4.78, 5) is 23.3. The third-order valence-electron chi connectivity index (χ3n) is 5.33. The molecule has 124 valence electrons. The van der Waals surface area contributed by atoms with E-state index in [1.165, 1.54) is 24.0 Å². The lowest BCUT2D eigenvalue weighted by atomic mass is 9.89. The lowest BCUT2D eigenvalue weighted by Crippen LogP contribution is -2.39. The van der Waals surface area contributed by atoms with Gasteiger partial charge in [0.15, 0.2) is 0 Å². The highest BCUT2D eigenvalue weighted by molar-refractivity contribution is 5.94. The van der Waals surface area contributed by atoms with Crippen molar-refractivity contribution < 1.29 is 4.79 Å². The van der Waals surface area contributed by atoms with Gasteiger partial charge in [0, 0.05) is 36.5 Å². The van der Waals surface area contributed by atoms with Crippen LogP contribution in [0.15, 0.2) is 36.8 Å². The highest BCUT2D eigenvalue weighted by atomic mass is 16.2. The average molecular weight is 321 g/mol. The maximum atomic E-state index is 13.0. The number of fused-ring (bicyclic) bond motifs is 1. The van der Waals surface area contributed by atoms with Crippen LogP contribution in [0.5, 0.6) is 0 Å². The van der Waals surface area contributed by atoms with Crippen molar-refractivity contribution >= 4 is 5.91 Å². The number of hydrogen-bond acceptors (Lipinski definition) is 3. The van der Waals surface area contributed by atoms with Crippen LogP contribution in [0.1, 0.15) is 58.8 Å². The Hall–Kier alpha value is -2.23. The number of aromatic nitrogens is 2. The Bertz CT molecular complexity index is 729. The van der Waals surface area contributed by atoms with E-state index in [0.717, 1.165) is 50.0 Å². The lowest BCUT2D eigenvalue weighted by Gasteiger charge is -2.32. The first-order valence-electron chi connectivity index (χ1n) is 8.98. The third kappa shape index (κ3) is 3.05. The minimum Gasteiger partial charge on any atom is -0.338 e. The van der Waals surface area contributed by atoms with Gasteiger partial charge in [-0.1, -0.05) is 6.07 Å². The van der Waals surface area contributed by atoms with Crippen molar-refractivity contribution in [3.8, 4) is 0 Å². The van der Waals surface area contributed by atoms with E-state index < -0.39 is 0 Å². The summed E-state index contributed by atoms with van der Waals surface area (Å²) >= 11 is 0. The van der Waals surface area contributed by atoms with Gasteiger partial charge in [-0.25, -0.2) is 9.97 Å². The van der Waals surface area contributed by atoms with Gasteiger partial charge in [-0.2, -0.15) is 0 Å². The highest BCUT2D eigenvalue weighted by Crippen LogP contribution is 2.27. The van der Waals surface area contributed by atoms with E-state index in [-0.39, 0.29) is 5.91 Å². The summed E-state index contributed by atoms with van der Waals surface area (Å²) in [7, 11) is 0. The molecular weight excluding hydrogens is 298 g/mol. The molecule has 1 amide bonds. The maximum Gasteiger partial charge on any atom is 0.253 e. The van der Waals surface area contributed by atoms with Gasteiger partial charge in [0.2, 0.25) is 0 Å². The number of carbonyl (C=O) groups is 1. The number of aryl methyl sites for hydroxylation is 2. The van der Waals surface area contributed by atoms with Gasteiger partial charge in [0.05, 0.1) is 0 Å². The molecule has 4 nitrogen and oxygen atoms in total. The van der Waals surface area contributed by atoms with Gasteiger partial charge in [-0.05, 0) is 67.9 Å².